The van der Waals surface area contributed by atoms with Crippen LogP contribution in [-0.4, -0.2) is 79.6 Å². The van der Waals surface area contributed by atoms with Crippen LogP contribution < -0.4 is 10.7 Å². The molecule has 3 heterocycles. The summed E-state index contributed by atoms with van der Waals surface area (Å²) in [5, 5.41) is 23.8. The molecule has 0 spiro atoms. The first kappa shape index (κ1) is 24.5. The number of hydroxylamine groups is 2. The zero-order valence-electron chi connectivity index (χ0n) is 17.8. The summed E-state index contributed by atoms with van der Waals surface area (Å²) >= 11 is 1.64. The SMILES string of the molecule is O=C(O)C(CCC[C@@H]1SC[C@H]2[C@@H]1NC(=O)N2O)C(=O)CCCCCNN1C(=O)CCC1=O. The Bertz CT molecular complexity index is 748. The molecule has 3 rings (SSSR count). The van der Waals surface area contributed by atoms with E-state index in [1.54, 1.807) is 11.8 Å². The van der Waals surface area contributed by atoms with Crippen molar-refractivity contribution >= 4 is 41.4 Å². The molecule has 32 heavy (non-hydrogen) atoms. The number of unbranched alkanes of at least 4 members (excludes halogenated alkanes) is 2. The van der Waals surface area contributed by atoms with Gasteiger partial charge in [0.15, 0.2) is 0 Å². The van der Waals surface area contributed by atoms with E-state index in [2.05, 4.69) is 10.7 Å². The van der Waals surface area contributed by atoms with Gasteiger partial charge in [-0.05, 0) is 25.7 Å². The predicted octanol–water partition coefficient (Wildman–Crippen LogP) is 0.908. The molecule has 4 amide bonds. The van der Waals surface area contributed by atoms with Gasteiger partial charge in [-0.2, -0.15) is 11.8 Å². The maximum atomic E-state index is 12.4. The summed E-state index contributed by atoms with van der Waals surface area (Å²) in [4.78, 5) is 58.5. The second-order valence-corrected chi connectivity index (χ2v) is 9.66. The Morgan fingerprint density at radius 2 is 1.84 bits per heavy atom. The average molecular weight is 471 g/mol. The number of aliphatic carboxylic acids is 1. The normalized spacial score (nSPS) is 25.9. The van der Waals surface area contributed by atoms with E-state index >= 15 is 0 Å². The number of rotatable bonds is 13. The van der Waals surface area contributed by atoms with Gasteiger partial charge in [0.2, 0.25) is 11.8 Å². The van der Waals surface area contributed by atoms with Crippen LogP contribution in [0.25, 0.3) is 0 Å². The third kappa shape index (κ3) is 5.78. The summed E-state index contributed by atoms with van der Waals surface area (Å²) in [5.74, 6) is -2.28. The highest BCUT2D eigenvalue weighted by Crippen LogP contribution is 2.36. The molecule has 3 fully saturated rings. The van der Waals surface area contributed by atoms with Crippen molar-refractivity contribution in [1.82, 2.24) is 20.8 Å². The number of nitrogens with zero attached hydrogens (tertiary/aromatic N) is 2. The number of amides is 4. The minimum absolute atomic E-state index is 0.0903. The zero-order valence-corrected chi connectivity index (χ0v) is 18.6. The number of ketones is 1. The topological polar surface area (TPSA) is 156 Å². The van der Waals surface area contributed by atoms with Crippen LogP contribution in [0, 0.1) is 5.92 Å². The molecular weight excluding hydrogens is 440 g/mol. The van der Waals surface area contributed by atoms with E-state index in [1.165, 1.54) is 0 Å². The number of thioether (sulfide) groups is 1. The number of carbonyl (C=O) groups excluding carboxylic acids is 4. The summed E-state index contributed by atoms with van der Waals surface area (Å²) in [6.07, 6.45) is 3.99. The molecule has 11 nitrogen and oxygen atoms in total. The monoisotopic (exact) mass is 470 g/mol. The van der Waals surface area contributed by atoms with Crippen LogP contribution in [0.5, 0.6) is 0 Å². The molecule has 4 atom stereocenters. The van der Waals surface area contributed by atoms with Gasteiger partial charge in [0, 0.05) is 36.8 Å². The minimum Gasteiger partial charge on any atom is -0.481 e. The number of hydrazine groups is 1. The molecule has 0 aromatic rings. The molecule has 3 aliphatic rings. The molecule has 12 heteroatoms. The number of hydrogen-bond donors (Lipinski definition) is 4. The third-order valence-electron chi connectivity index (χ3n) is 6.20. The van der Waals surface area contributed by atoms with Crippen molar-refractivity contribution in [2.75, 3.05) is 12.3 Å². The van der Waals surface area contributed by atoms with Gasteiger partial charge in [0.1, 0.15) is 11.7 Å². The summed E-state index contributed by atoms with van der Waals surface area (Å²) < 4.78 is 0. The minimum atomic E-state index is -1.12. The van der Waals surface area contributed by atoms with Crippen LogP contribution in [-0.2, 0) is 19.2 Å². The summed E-state index contributed by atoms with van der Waals surface area (Å²) in [7, 11) is 0. The number of nitrogens with one attached hydrogen (secondary N) is 2. The number of carboxylic acid groups (broad SMARTS) is 1. The van der Waals surface area contributed by atoms with Crippen molar-refractivity contribution in [1.29, 1.82) is 0 Å². The lowest BCUT2D eigenvalue weighted by molar-refractivity contribution is -0.147. The fourth-order valence-corrected chi connectivity index (χ4v) is 5.96. The van der Waals surface area contributed by atoms with Gasteiger partial charge < -0.3 is 10.4 Å². The number of imide groups is 1. The Hall–Kier alpha value is -2.18. The van der Waals surface area contributed by atoms with Crippen LogP contribution in [0.2, 0.25) is 0 Å². The maximum absolute atomic E-state index is 12.4. The van der Waals surface area contributed by atoms with Gasteiger partial charge >= 0.3 is 12.0 Å². The number of urea groups is 1. The Morgan fingerprint density at radius 3 is 2.53 bits per heavy atom. The van der Waals surface area contributed by atoms with Crippen LogP contribution in [0.3, 0.4) is 0 Å². The fraction of sp³-hybridized carbons (Fsp3) is 0.750. The van der Waals surface area contributed by atoms with Crippen molar-refractivity contribution in [2.45, 2.75) is 75.1 Å². The Kier molecular flexibility index (Phi) is 8.49. The molecule has 178 valence electrons. The molecule has 0 aliphatic carbocycles. The van der Waals surface area contributed by atoms with Crippen molar-refractivity contribution in [2.24, 2.45) is 5.92 Å². The molecule has 3 saturated heterocycles. The van der Waals surface area contributed by atoms with Crippen LogP contribution in [0.1, 0.15) is 57.8 Å². The van der Waals surface area contributed by atoms with Gasteiger partial charge in [-0.25, -0.2) is 20.3 Å². The van der Waals surface area contributed by atoms with Gasteiger partial charge in [-0.15, -0.1) is 0 Å². The van der Waals surface area contributed by atoms with Gasteiger partial charge in [-0.1, -0.05) is 12.8 Å². The second kappa shape index (κ2) is 11.1. The number of Topliss-reactive ketones (excluding diaryl/α,β-unsaturated/α-hetero) is 1. The number of fused-ring (bicyclic) bond motifs is 1. The van der Waals surface area contributed by atoms with Crippen molar-refractivity contribution in [3.05, 3.63) is 0 Å². The summed E-state index contributed by atoms with van der Waals surface area (Å²) in [5.41, 5.74) is 2.79. The maximum Gasteiger partial charge on any atom is 0.341 e. The van der Waals surface area contributed by atoms with Crippen LogP contribution in [0.4, 0.5) is 4.79 Å². The summed E-state index contributed by atoms with van der Waals surface area (Å²) in [6, 6.07) is -0.917. The Morgan fingerprint density at radius 1 is 1.12 bits per heavy atom. The molecule has 0 bridgehead atoms. The van der Waals surface area contributed by atoms with E-state index in [4.69, 9.17) is 0 Å². The number of carbonyl (C=O) groups is 5. The molecule has 4 N–H and O–H groups in total. The Balaban J connectivity index is 1.31. The highest BCUT2D eigenvalue weighted by Gasteiger charge is 2.47. The molecule has 0 aromatic carbocycles. The lowest BCUT2D eigenvalue weighted by atomic mass is 9.92. The largest absolute Gasteiger partial charge is 0.481 e. The van der Waals surface area contributed by atoms with Crippen LogP contribution >= 0.6 is 11.8 Å². The summed E-state index contributed by atoms with van der Waals surface area (Å²) in [6.45, 7) is 0.442. The molecule has 0 saturated carbocycles. The smallest absolute Gasteiger partial charge is 0.341 e. The molecule has 0 radical (unpaired) electrons. The second-order valence-electron chi connectivity index (χ2n) is 8.39. The van der Waals surface area contributed by atoms with Crippen LogP contribution in [0.15, 0.2) is 0 Å². The van der Waals surface area contributed by atoms with Crippen molar-refractivity contribution in [3.63, 3.8) is 0 Å². The lowest BCUT2D eigenvalue weighted by Crippen LogP contribution is -2.42. The van der Waals surface area contributed by atoms with E-state index < -0.39 is 17.9 Å². The van der Waals surface area contributed by atoms with Crippen molar-refractivity contribution < 1.29 is 34.3 Å². The lowest BCUT2D eigenvalue weighted by Gasteiger charge is -2.18. The van der Waals surface area contributed by atoms with E-state index in [0.717, 1.165) is 10.1 Å². The van der Waals surface area contributed by atoms with Gasteiger partial charge in [0.25, 0.3) is 0 Å². The van der Waals surface area contributed by atoms with E-state index in [0.29, 0.717) is 44.4 Å². The Labute approximate surface area is 190 Å². The van der Waals surface area contributed by atoms with E-state index in [1.807, 2.05) is 0 Å². The first-order valence-corrected chi connectivity index (χ1v) is 12.1. The van der Waals surface area contributed by atoms with E-state index in [9.17, 15) is 34.3 Å². The molecule has 0 aromatic heterocycles. The number of hydrogen-bond acceptors (Lipinski definition) is 8. The van der Waals surface area contributed by atoms with Gasteiger partial charge in [0.05, 0.1) is 12.1 Å². The van der Waals surface area contributed by atoms with Gasteiger partial charge in [-0.3, -0.25) is 24.4 Å². The zero-order chi connectivity index (χ0) is 23.3. The third-order valence-corrected chi connectivity index (χ3v) is 7.69. The van der Waals surface area contributed by atoms with E-state index in [-0.39, 0.29) is 60.6 Å². The highest BCUT2D eigenvalue weighted by atomic mass is 32.2. The average Bonchev–Trinajstić information content (AvgIpc) is 3.38. The quantitative estimate of drug-likeness (QED) is 0.101. The molecule has 1 unspecified atom stereocenters. The standard InChI is InChI=1S/C20H30N4O7S/c25-14(6-2-1-3-10-21-23-16(26)8-9-17(23)27)12(19(28)29)5-4-7-15-18-13(11-32-15)24(31)20(30)22-18/h12-13,15,18,21,31H,1-11H2,(H,22,30)(H,28,29)/t12?,13-,15-,18-/m0/s1. The first-order valence-electron chi connectivity index (χ1n) is 11.0. The number of carboxylic acids is 1. The fourth-order valence-electron chi connectivity index (χ4n) is 4.38. The highest BCUT2D eigenvalue weighted by molar-refractivity contribution is 8.00. The molecular formula is C20H30N4O7S. The first-order chi connectivity index (χ1) is 15.3. The molecule has 3 aliphatic heterocycles. The van der Waals surface area contributed by atoms with Crippen molar-refractivity contribution in [3.8, 4) is 0 Å². The predicted molar refractivity (Wildman–Crippen MR) is 114 cm³/mol.